The molecule has 0 N–H and O–H groups in total. The highest BCUT2D eigenvalue weighted by Gasteiger charge is 2.24. The molecular weight excluding hydrogens is 234 g/mol. The molecule has 1 atom stereocenters. The molecule has 2 rings (SSSR count). The van der Waals surface area contributed by atoms with Gasteiger partial charge in [-0.05, 0) is 26.2 Å². The molecule has 1 heterocycles. The van der Waals surface area contributed by atoms with Crippen molar-refractivity contribution in [2.75, 3.05) is 13.7 Å². The van der Waals surface area contributed by atoms with E-state index in [2.05, 4.69) is 5.16 Å². The lowest BCUT2D eigenvalue weighted by molar-refractivity contribution is 0.0380. The monoisotopic (exact) mass is 253 g/mol. The highest BCUT2D eigenvalue weighted by atomic mass is 16.5. The third kappa shape index (κ3) is 2.90. The van der Waals surface area contributed by atoms with Gasteiger partial charge in [0.25, 0.3) is 0 Å². The van der Waals surface area contributed by atoms with Gasteiger partial charge in [-0.1, -0.05) is 5.16 Å². The van der Waals surface area contributed by atoms with Crippen molar-refractivity contribution in [1.82, 2.24) is 5.16 Å². The van der Waals surface area contributed by atoms with Gasteiger partial charge in [0.2, 0.25) is 0 Å². The third-order valence-corrected chi connectivity index (χ3v) is 3.30. The number of hydrogen-bond acceptors (Lipinski definition) is 5. The second-order valence-corrected chi connectivity index (χ2v) is 4.61. The van der Waals surface area contributed by atoms with Gasteiger partial charge in [-0.2, -0.15) is 0 Å². The second kappa shape index (κ2) is 6.00. The SMILES string of the molecule is CO[C@@H](C)CCOC(=O)c1noc2c1CCCC2. The number of nitrogens with zero attached hydrogens (tertiary/aromatic N) is 1. The Morgan fingerprint density at radius 2 is 2.22 bits per heavy atom. The lowest BCUT2D eigenvalue weighted by Gasteiger charge is -2.10. The van der Waals surface area contributed by atoms with Crippen molar-refractivity contribution in [3.8, 4) is 0 Å². The molecule has 0 spiro atoms. The second-order valence-electron chi connectivity index (χ2n) is 4.61. The summed E-state index contributed by atoms with van der Waals surface area (Å²) in [5.74, 6) is 0.462. The zero-order chi connectivity index (χ0) is 13.0. The molecular formula is C13H19NO4. The summed E-state index contributed by atoms with van der Waals surface area (Å²) in [5, 5.41) is 3.83. The largest absolute Gasteiger partial charge is 0.461 e. The summed E-state index contributed by atoms with van der Waals surface area (Å²) in [4.78, 5) is 11.9. The van der Waals surface area contributed by atoms with Crippen LogP contribution in [0.3, 0.4) is 0 Å². The number of fused-ring (bicyclic) bond motifs is 1. The van der Waals surface area contributed by atoms with Crippen LogP contribution in [0.1, 0.15) is 48.0 Å². The minimum Gasteiger partial charge on any atom is -0.461 e. The van der Waals surface area contributed by atoms with E-state index < -0.39 is 0 Å². The first-order chi connectivity index (χ1) is 8.72. The van der Waals surface area contributed by atoms with E-state index in [4.69, 9.17) is 14.0 Å². The molecule has 0 aliphatic heterocycles. The minimum atomic E-state index is -0.384. The summed E-state index contributed by atoms with van der Waals surface area (Å²) in [6, 6.07) is 0. The summed E-state index contributed by atoms with van der Waals surface area (Å²) >= 11 is 0. The standard InChI is InChI=1S/C13H19NO4/c1-9(16-2)7-8-17-13(15)12-10-5-3-4-6-11(10)18-14-12/h9H,3-8H2,1-2H3/t9-/m0/s1. The average molecular weight is 253 g/mol. The number of esters is 1. The number of aryl methyl sites for hydroxylation is 1. The van der Waals surface area contributed by atoms with Crippen molar-refractivity contribution >= 4 is 5.97 Å². The summed E-state index contributed by atoms with van der Waals surface area (Å²) in [6.45, 7) is 2.28. The first kappa shape index (κ1) is 13.1. The number of ether oxygens (including phenoxy) is 2. The first-order valence-corrected chi connectivity index (χ1v) is 6.39. The van der Waals surface area contributed by atoms with Crippen LogP contribution in [0.2, 0.25) is 0 Å². The van der Waals surface area contributed by atoms with Crippen LogP contribution in [-0.4, -0.2) is 30.9 Å². The molecule has 0 bridgehead atoms. The van der Waals surface area contributed by atoms with Gasteiger partial charge < -0.3 is 14.0 Å². The van der Waals surface area contributed by atoms with Gasteiger partial charge in [0.15, 0.2) is 5.69 Å². The van der Waals surface area contributed by atoms with Gasteiger partial charge in [0.1, 0.15) is 5.76 Å². The van der Waals surface area contributed by atoms with E-state index in [0.717, 1.165) is 37.0 Å². The van der Waals surface area contributed by atoms with Crippen LogP contribution < -0.4 is 0 Å². The summed E-state index contributed by atoms with van der Waals surface area (Å²) in [7, 11) is 1.64. The van der Waals surface area contributed by atoms with E-state index in [1.165, 1.54) is 0 Å². The molecule has 0 unspecified atom stereocenters. The fourth-order valence-electron chi connectivity index (χ4n) is 2.05. The molecule has 100 valence electrons. The Kier molecular flexibility index (Phi) is 4.36. The van der Waals surface area contributed by atoms with E-state index in [1.807, 2.05) is 6.92 Å². The van der Waals surface area contributed by atoms with Gasteiger partial charge in [-0.15, -0.1) is 0 Å². The Bertz CT molecular complexity index is 413. The average Bonchev–Trinajstić information content (AvgIpc) is 2.82. The molecule has 5 heteroatoms. The quantitative estimate of drug-likeness (QED) is 0.752. The fraction of sp³-hybridized carbons (Fsp3) is 0.692. The van der Waals surface area contributed by atoms with Crippen molar-refractivity contribution in [3.05, 3.63) is 17.0 Å². The van der Waals surface area contributed by atoms with Crippen molar-refractivity contribution in [3.63, 3.8) is 0 Å². The van der Waals surface area contributed by atoms with Crippen LogP contribution in [0.5, 0.6) is 0 Å². The Labute approximate surface area is 106 Å². The Morgan fingerprint density at radius 3 is 3.00 bits per heavy atom. The topological polar surface area (TPSA) is 61.6 Å². The van der Waals surface area contributed by atoms with Gasteiger partial charge in [-0.3, -0.25) is 0 Å². The van der Waals surface area contributed by atoms with Crippen molar-refractivity contribution in [1.29, 1.82) is 0 Å². The number of hydrogen-bond donors (Lipinski definition) is 0. The maximum Gasteiger partial charge on any atom is 0.360 e. The smallest absolute Gasteiger partial charge is 0.360 e. The highest BCUT2D eigenvalue weighted by Crippen LogP contribution is 2.24. The molecule has 0 saturated carbocycles. The van der Waals surface area contributed by atoms with E-state index in [-0.39, 0.29) is 12.1 Å². The zero-order valence-electron chi connectivity index (χ0n) is 10.9. The van der Waals surface area contributed by atoms with Crippen LogP contribution >= 0.6 is 0 Å². The lowest BCUT2D eigenvalue weighted by atomic mass is 9.96. The fourth-order valence-corrected chi connectivity index (χ4v) is 2.05. The summed E-state index contributed by atoms with van der Waals surface area (Å²) in [5.41, 5.74) is 1.29. The predicted octanol–water partition coefficient (Wildman–Crippen LogP) is 2.14. The molecule has 1 aliphatic carbocycles. The molecule has 5 nitrogen and oxygen atoms in total. The van der Waals surface area contributed by atoms with E-state index in [9.17, 15) is 4.79 Å². The predicted molar refractivity (Wildman–Crippen MR) is 64.5 cm³/mol. The third-order valence-electron chi connectivity index (χ3n) is 3.30. The van der Waals surface area contributed by atoms with Crippen molar-refractivity contribution in [2.24, 2.45) is 0 Å². The van der Waals surface area contributed by atoms with Crippen LogP contribution in [-0.2, 0) is 22.3 Å². The molecule has 0 amide bonds. The van der Waals surface area contributed by atoms with Gasteiger partial charge >= 0.3 is 5.97 Å². The Balaban J connectivity index is 1.91. The number of carbonyl (C=O) groups excluding carboxylic acids is 1. The minimum absolute atomic E-state index is 0.0871. The number of aromatic nitrogens is 1. The van der Waals surface area contributed by atoms with Gasteiger partial charge in [0.05, 0.1) is 12.7 Å². The number of carbonyl (C=O) groups is 1. The van der Waals surface area contributed by atoms with Gasteiger partial charge in [0, 0.05) is 25.5 Å². The molecule has 1 aromatic heterocycles. The molecule has 1 aromatic rings. The van der Waals surface area contributed by atoms with E-state index >= 15 is 0 Å². The Hall–Kier alpha value is -1.36. The maximum atomic E-state index is 11.9. The highest BCUT2D eigenvalue weighted by molar-refractivity contribution is 5.89. The lowest BCUT2D eigenvalue weighted by Crippen LogP contribution is -2.14. The maximum absolute atomic E-state index is 11.9. The van der Waals surface area contributed by atoms with E-state index in [1.54, 1.807) is 7.11 Å². The summed E-state index contributed by atoms with van der Waals surface area (Å²) < 4.78 is 15.5. The molecule has 0 radical (unpaired) electrons. The van der Waals surface area contributed by atoms with Crippen LogP contribution in [0.15, 0.2) is 4.52 Å². The van der Waals surface area contributed by atoms with Crippen LogP contribution in [0.25, 0.3) is 0 Å². The molecule has 0 aromatic carbocycles. The molecule has 1 aliphatic rings. The van der Waals surface area contributed by atoms with Crippen LogP contribution in [0.4, 0.5) is 0 Å². The molecule has 18 heavy (non-hydrogen) atoms. The molecule has 0 saturated heterocycles. The normalized spacial score (nSPS) is 16.1. The van der Waals surface area contributed by atoms with Crippen molar-refractivity contribution in [2.45, 2.75) is 45.1 Å². The number of rotatable bonds is 5. The van der Waals surface area contributed by atoms with Gasteiger partial charge in [-0.25, -0.2) is 4.79 Å². The first-order valence-electron chi connectivity index (χ1n) is 6.39. The van der Waals surface area contributed by atoms with Crippen LogP contribution in [0, 0.1) is 0 Å². The number of methoxy groups -OCH3 is 1. The van der Waals surface area contributed by atoms with E-state index in [0.29, 0.717) is 18.7 Å². The Morgan fingerprint density at radius 1 is 1.44 bits per heavy atom. The summed E-state index contributed by atoms with van der Waals surface area (Å²) in [6.07, 6.45) is 4.68. The van der Waals surface area contributed by atoms with Crippen molar-refractivity contribution < 1.29 is 18.8 Å². The molecule has 0 fully saturated rings. The zero-order valence-corrected chi connectivity index (χ0v) is 10.9.